The number of H-pyrrole nitrogens is 1. The third-order valence-electron chi connectivity index (χ3n) is 7.19. The molecule has 0 bridgehead atoms. The predicted molar refractivity (Wildman–Crippen MR) is 136 cm³/mol. The van der Waals surface area contributed by atoms with E-state index < -0.39 is 0 Å². The van der Waals surface area contributed by atoms with Gasteiger partial charge in [0.1, 0.15) is 11.5 Å². The minimum Gasteiger partial charge on any atom is -0.356 e. The van der Waals surface area contributed by atoms with Crippen LogP contribution in [-0.4, -0.2) is 38.0 Å². The van der Waals surface area contributed by atoms with Crippen LogP contribution in [0.1, 0.15) is 43.6 Å². The lowest BCUT2D eigenvalue weighted by Gasteiger charge is -2.29. The van der Waals surface area contributed by atoms with Gasteiger partial charge in [0.15, 0.2) is 5.82 Å². The Balaban J connectivity index is 1.48. The zero-order valence-electron chi connectivity index (χ0n) is 19.0. The Bertz CT molecular complexity index is 1500. The van der Waals surface area contributed by atoms with Gasteiger partial charge in [0.2, 0.25) is 0 Å². The van der Waals surface area contributed by atoms with Gasteiger partial charge in [-0.3, -0.25) is 4.98 Å². The van der Waals surface area contributed by atoms with E-state index in [0.717, 1.165) is 58.0 Å². The monoisotopic (exact) mass is 446 g/mol. The van der Waals surface area contributed by atoms with Crippen LogP contribution in [0.2, 0.25) is 0 Å². The molecule has 1 aliphatic heterocycles. The highest BCUT2D eigenvalue weighted by Crippen LogP contribution is 2.45. The third-order valence-corrected chi connectivity index (χ3v) is 7.19. The van der Waals surface area contributed by atoms with Crippen LogP contribution < -0.4 is 4.90 Å². The maximum Gasteiger partial charge on any atom is 0.163 e. The molecule has 6 heteroatoms. The summed E-state index contributed by atoms with van der Waals surface area (Å²) < 4.78 is 0. The van der Waals surface area contributed by atoms with Gasteiger partial charge in [-0.1, -0.05) is 30.3 Å². The molecule has 1 N–H and O–H groups in total. The van der Waals surface area contributed by atoms with Gasteiger partial charge in [-0.05, 0) is 55.2 Å². The molecular formula is C28H26N6. The van der Waals surface area contributed by atoms with E-state index in [-0.39, 0.29) is 0 Å². The average molecular weight is 447 g/mol. The average Bonchev–Trinajstić information content (AvgIpc) is 3.66. The number of benzene rings is 1. The molecule has 4 aromatic heterocycles. The standard InChI is InChI=1S/C28H26N6/c1-3-7-18(8-4-1)22-16-31-27-24(22)20(11-12-30-27)26-32-23-17-29-15-21(19-9-10-19)25(23)28(33-26)34-13-5-2-6-14-34/h1,3-4,7-8,11-12,15-17,19H,2,5-6,9-10,13-14H2,(H,30,31). The molecule has 5 aromatic rings. The maximum absolute atomic E-state index is 5.28. The van der Waals surface area contributed by atoms with Crippen LogP contribution in [0.5, 0.6) is 0 Å². The van der Waals surface area contributed by atoms with Crippen molar-refractivity contribution in [3.05, 3.63) is 66.7 Å². The van der Waals surface area contributed by atoms with Crippen LogP contribution in [0.4, 0.5) is 5.82 Å². The van der Waals surface area contributed by atoms with Crippen molar-refractivity contribution >= 4 is 27.8 Å². The zero-order chi connectivity index (χ0) is 22.5. The predicted octanol–water partition coefficient (Wildman–Crippen LogP) is 6.10. The third kappa shape index (κ3) is 3.24. The van der Waals surface area contributed by atoms with Gasteiger partial charge in [0.25, 0.3) is 0 Å². The topological polar surface area (TPSA) is 70.6 Å². The Morgan fingerprint density at radius 2 is 1.71 bits per heavy atom. The smallest absolute Gasteiger partial charge is 0.163 e. The summed E-state index contributed by atoms with van der Waals surface area (Å²) in [6, 6.07) is 12.5. The highest BCUT2D eigenvalue weighted by Gasteiger charge is 2.29. The first-order chi connectivity index (χ1) is 16.9. The van der Waals surface area contributed by atoms with Crippen molar-refractivity contribution in [3.63, 3.8) is 0 Å². The quantitative estimate of drug-likeness (QED) is 0.361. The van der Waals surface area contributed by atoms with E-state index >= 15 is 0 Å². The molecule has 1 aromatic carbocycles. The van der Waals surface area contributed by atoms with Gasteiger partial charge >= 0.3 is 0 Å². The Kier molecular flexibility index (Phi) is 4.57. The Hall–Kier alpha value is -3.80. The van der Waals surface area contributed by atoms with Crippen LogP contribution in [0, 0.1) is 0 Å². The van der Waals surface area contributed by atoms with E-state index in [0.29, 0.717) is 5.92 Å². The number of aromatic amines is 1. The molecule has 34 heavy (non-hydrogen) atoms. The Labute approximate surface area is 198 Å². The molecule has 1 aliphatic carbocycles. The first kappa shape index (κ1) is 19.6. The number of hydrogen-bond acceptors (Lipinski definition) is 5. The summed E-state index contributed by atoms with van der Waals surface area (Å²) in [5, 5.41) is 2.26. The van der Waals surface area contributed by atoms with Gasteiger partial charge in [0.05, 0.1) is 11.7 Å². The number of aromatic nitrogens is 5. The molecule has 168 valence electrons. The maximum atomic E-state index is 5.28. The van der Waals surface area contributed by atoms with Crippen molar-refractivity contribution < 1.29 is 0 Å². The first-order valence-electron chi connectivity index (χ1n) is 12.3. The largest absolute Gasteiger partial charge is 0.356 e. The van der Waals surface area contributed by atoms with E-state index in [9.17, 15) is 0 Å². The fourth-order valence-corrected chi connectivity index (χ4v) is 5.34. The molecule has 2 fully saturated rings. The minimum atomic E-state index is 0.594. The van der Waals surface area contributed by atoms with Crippen molar-refractivity contribution in [2.45, 2.75) is 38.0 Å². The molecule has 6 nitrogen and oxygen atoms in total. The van der Waals surface area contributed by atoms with Crippen molar-refractivity contribution in [2.24, 2.45) is 0 Å². The number of nitrogens with one attached hydrogen (secondary N) is 1. The lowest BCUT2D eigenvalue weighted by Crippen LogP contribution is -2.30. The summed E-state index contributed by atoms with van der Waals surface area (Å²) >= 11 is 0. The molecule has 0 atom stereocenters. The van der Waals surface area contributed by atoms with Gasteiger partial charge in [0, 0.05) is 53.6 Å². The van der Waals surface area contributed by atoms with Crippen molar-refractivity contribution in [3.8, 4) is 22.5 Å². The van der Waals surface area contributed by atoms with E-state index in [1.165, 1.54) is 43.1 Å². The van der Waals surface area contributed by atoms with Crippen LogP contribution >= 0.6 is 0 Å². The summed E-state index contributed by atoms with van der Waals surface area (Å²) in [5.74, 6) is 2.41. The number of rotatable bonds is 4. The Morgan fingerprint density at radius 1 is 0.853 bits per heavy atom. The number of pyridine rings is 2. The van der Waals surface area contributed by atoms with E-state index in [4.69, 9.17) is 9.97 Å². The molecule has 5 heterocycles. The number of hydrogen-bond donors (Lipinski definition) is 1. The number of anilines is 1. The van der Waals surface area contributed by atoms with E-state index in [1.54, 1.807) is 0 Å². The zero-order valence-corrected chi connectivity index (χ0v) is 19.0. The molecule has 2 aliphatic rings. The Morgan fingerprint density at radius 3 is 2.53 bits per heavy atom. The van der Waals surface area contributed by atoms with Gasteiger partial charge in [-0.2, -0.15) is 0 Å². The molecule has 0 spiro atoms. The summed E-state index contributed by atoms with van der Waals surface area (Å²) in [6.45, 7) is 2.09. The first-order valence-corrected chi connectivity index (χ1v) is 12.3. The van der Waals surface area contributed by atoms with Crippen molar-refractivity contribution in [2.75, 3.05) is 18.0 Å². The van der Waals surface area contributed by atoms with Crippen LogP contribution in [0.15, 0.2) is 61.2 Å². The fraction of sp³-hybridized carbons (Fsp3) is 0.286. The van der Waals surface area contributed by atoms with Crippen molar-refractivity contribution in [1.82, 2.24) is 24.9 Å². The molecular weight excluding hydrogens is 420 g/mol. The lowest BCUT2D eigenvalue weighted by atomic mass is 10.0. The van der Waals surface area contributed by atoms with E-state index in [2.05, 4.69) is 44.1 Å². The fourth-order valence-electron chi connectivity index (χ4n) is 5.34. The van der Waals surface area contributed by atoms with Crippen molar-refractivity contribution in [1.29, 1.82) is 0 Å². The molecule has 7 rings (SSSR count). The number of fused-ring (bicyclic) bond motifs is 2. The molecule has 0 amide bonds. The normalized spacial score (nSPS) is 16.4. The summed E-state index contributed by atoms with van der Waals surface area (Å²) in [4.78, 5) is 25.4. The van der Waals surface area contributed by atoms with Gasteiger partial charge < -0.3 is 9.88 Å². The van der Waals surface area contributed by atoms with Gasteiger partial charge in [-0.25, -0.2) is 15.0 Å². The van der Waals surface area contributed by atoms with E-state index in [1.807, 2.05) is 36.9 Å². The van der Waals surface area contributed by atoms with Gasteiger partial charge in [-0.15, -0.1) is 0 Å². The number of piperidine rings is 1. The second-order valence-electron chi connectivity index (χ2n) is 9.47. The van der Waals surface area contributed by atoms with Crippen LogP contribution in [-0.2, 0) is 0 Å². The highest BCUT2D eigenvalue weighted by molar-refractivity contribution is 6.04. The second-order valence-corrected chi connectivity index (χ2v) is 9.47. The molecule has 1 saturated carbocycles. The summed E-state index contributed by atoms with van der Waals surface area (Å²) in [7, 11) is 0. The minimum absolute atomic E-state index is 0.594. The second kappa shape index (κ2) is 7.90. The molecule has 1 saturated heterocycles. The summed E-state index contributed by atoms with van der Waals surface area (Å²) in [5.41, 5.74) is 6.38. The SMILES string of the molecule is c1ccc(-c2c[nH]c3nccc(-c4nc(N5CCCCC5)c5c(C6CC6)cncc5n4)c23)cc1. The molecule has 0 unspecified atom stereocenters. The number of nitrogens with zero attached hydrogens (tertiary/aromatic N) is 5. The van der Waals surface area contributed by atoms with Crippen LogP contribution in [0.25, 0.3) is 44.5 Å². The molecule has 0 radical (unpaired) electrons. The summed E-state index contributed by atoms with van der Waals surface area (Å²) in [6.07, 6.45) is 14.0. The highest BCUT2D eigenvalue weighted by atomic mass is 15.2. The van der Waals surface area contributed by atoms with Crippen LogP contribution in [0.3, 0.4) is 0 Å². The lowest BCUT2D eigenvalue weighted by molar-refractivity contribution is 0.574.